The number of thiocarbonyl (C=S) groups is 1. The maximum Gasteiger partial charge on any atom is 0.387 e. The third-order valence-corrected chi connectivity index (χ3v) is 3.67. The second-order valence-electron chi connectivity index (χ2n) is 5.84. The van der Waals surface area contributed by atoms with Gasteiger partial charge in [-0.25, -0.2) is 0 Å². The smallest absolute Gasteiger partial charge is 0.387 e. The van der Waals surface area contributed by atoms with Gasteiger partial charge in [0.25, 0.3) is 0 Å². The van der Waals surface area contributed by atoms with Gasteiger partial charge in [0.1, 0.15) is 5.75 Å². The Balaban J connectivity index is 2.00. The van der Waals surface area contributed by atoms with Gasteiger partial charge in [0, 0.05) is 17.4 Å². The van der Waals surface area contributed by atoms with Crippen LogP contribution in [0.4, 0.5) is 20.2 Å². The van der Waals surface area contributed by atoms with Crippen molar-refractivity contribution in [3.8, 4) is 17.2 Å². The molecule has 0 atom stereocenters. The molecule has 2 aromatic carbocycles. The fourth-order valence-electron chi connectivity index (χ4n) is 2.26. The van der Waals surface area contributed by atoms with Gasteiger partial charge in [-0.3, -0.25) is 0 Å². The number of ether oxygens (including phenoxy) is 3. The van der Waals surface area contributed by atoms with E-state index >= 15 is 0 Å². The topological polar surface area (TPSA) is 51.8 Å². The number of alkyl halides is 2. The molecule has 2 rings (SSSR count). The van der Waals surface area contributed by atoms with Crippen LogP contribution in [0.1, 0.15) is 26.7 Å². The lowest BCUT2D eigenvalue weighted by Crippen LogP contribution is -2.19. The van der Waals surface area contributed by atoms with E-state index in [9.17, 15) is 8.78 Å². The summed E-state index contributed by atoms with van der Waals surface area (Å²) in [6, 6.07) is 11.6. The monoisotopic (exact) mass is 410 g/mol. The first-order valence-electron chi connectivity index (χ1n) is 9.04. The van der Waals surface area contributed by atoms with Crippen LogP contribution in [0.2, 0.25) is 0 Å². The summed E-state index contributed by atoms with van der Waals surface area (Å²) < 4.78 is 40.2. The van der Waals surface area contributed by atoms with Crippen LogP contribution in [0.15, 0.2) is 42.5 Å². The highest BCUT2D eigenvalue weighted by molar-refractivity contribution is 7.80. The predicted molar refractivity (Wildman–Crippen MR) is 111 cm³/mol. The van der Waals surface area contributed by atoms with Crippen LogP contribution in [0, 0.1) is 0 Å². The van der Waals surface area contributed by atoms with Crippen LogP contribution in [-0.4, -0.2) is 24.9 Å². The number of hydrogen-bond acceptors (Lipinski definition) is 4. The highest BCUT2D eigenvalue weighted by Crippen LogP contribution is 2.31. The van der Waals surface area contributed by atoms with E-state index in [1.165, 1.54) is 12.1 Å². The molecule has 8 heteroatoms. The molecule has 152 valence electrons. The second-order valence-corrected chi connectivity index (χ2v) is 6.25. The van der Waals surface area contributed by atoms with Crippen molar-refractivity contribution in [2.75, 3.05) is 23.8 Å². The number of rotatable bonds is 10. The average Bonchev–Trinajstić information content (AvgIpc) is 2.66. The summed E-state index contributed by atoms with van der Waals surface area (Å²) in [5.41, 5.74) is 1.38. The fourth-order valence-corrected chi connectivity index (χ4v) is 2.49. The molecule has 0 heterocycles. The zero-order valence-electron chi connectivity index (χ0n) is 15.8. The number of hydrogen-bond donors (Lipinski definition) is 2. The van der Waals surface area contributed by atoms with Gasteiger partial charge in [-0.1, -0.05) is 13.8 Å². The normalized spacial score (nSPS) is 10.5. The molecule has 0 spiro atoms. The van der Waals surface area contributed by atoms with E-state index in [4.69, 9.17) is 21.7 Å². The number of anilines is 2. The molecule has 2 N–H and O–H groups in total. The summed E-state index contributed by atoms with van der Waals surface area (Å²) in [5, 5.41) is 6.41. The van der Waals surface area contributed by atoms with Crippen molar-refractivity contribution < 1.29 is 23.0 Å². The van der Waals surface area contributed by atoms with E-state index < -0.39 is 6.61 Å². The molecule has 0 saturated heterocycles. The van der Waals surface area contributed by atoms with Crippen LogP contribution in [0.5, 0.6) is 17.2 Å². The summed E-state index contributed by atoms with van der Waals surface area (Å²) >= 11 is 5.31. The predicted octanol–water partition coefficient (Wildman–Crippen LogP) is 5.67. The van der Waals surface area contributed by atoms with Gasteiger partial charge in [0.05, 0.1) is 13.2 Å². The number of benzene rings is 2. The summed E-state index contributed by atoms with van der Waals surface area (Å²) in [7, 11) is 0. The minimum absolute atomic E-state index is 0.0832. The molecule has 0 radical (unpaired) electrons. The fraction of sp³-hybridized carbons (Fsp3) is 0.350. The Morgan fingerprint density at radius 1 is 0.893 bits per heavy atom. The second kappa shape index (κ2) is 11.3. The zero-order valence-corrected chi connectivity index (χ0v) is 16.7. The average molecular weight is 410 g/mol. The van der Waals surface area contributed by atoms with Crippen LogP contribution in [0.3, 0.4) is 0 Å². The van der Waals surface area contributed by atoms with Crippen molar-refractivity contribution in [3.05, 3.63) is 42.5 Å². The minimum atomic E-state index is -2.85. The highest BCUT2D eigenvalue weighted by atomic mass is 32.1. The third kappa shape index (κ3) is 7.19. The summed E-state index contributed by atoms with van der Waals surface area (Å²) in [5.74, 6) is 1.42. The van der Waals surface area contributed by atoms with Crippen molar-refractivity contribution in [2.45, 2.75) is 33.3 Å². The highest BCUT2D eigenvalue weighted by Gasteiger charge is 2.09. The van der Waals surface area contributed by atoms with E-state index in [-0.39, 0.29) is 5.75 Å². The largest absolute Gasteiger partial charge is 0.490 e. The van der Waals surface area contributed by atoms with Crippen LogP contribution >= 0.6 is 12.2 Å². The van der Waals surface area contributed by atoms with Crippen LogP contribution in [0.25, 0.3) is 0 Å². The molecule has 0 aliphatic heterocycles. The zero-order chi connectivity index (χ0) is 20.4. The quantitative estimate of drug-likeness (QED) is 0.492. The summed E-state index contributed by atoms with van der Waals surface area (Å²) in [6.07, 6.45) is 1.79. The molecule has 2 aromatic rings. The van der Waals surface area contributed by atoms with E-state index in [0.717, 1.165) is 18.5 Å². The van der Waals surface area contributed by atoms with Gasteiger partial charge in [0.2, 0.25) is 0 Å². The maximum absolute atomic E-state index is 12.2. The molecule has 0 aromatic heterocycles. The molecule has 0 unspecified atom stereocenters. The third-order valence-electron chi connectivity index (χ3n) is 3.46. The first-order valence-corrected chi connectivity index (χ1v) is 9.45. The first-order chi connectivity index (χ1) is 13.5. The lowest BCUT2D eigenvalue weighted by atomic mass is 10.2. The molecule has 0 fully saturated rings. The molecule has 0 saturated carbocycles. The Hall–Kier alpha value is -2.61. The van der Waals surface area contributed by atoms with Gasteiger partial charge in [-0.2, -0.15) is 8.78 Å². The lowest BCUT2D eigenvalue weighted by molar-refractivity contribution is -0.0498. The Labute approximate surface area is 169 Å². The van der Waals surface area contributed by atoms with Crippen molar-refractivity contribution in [1.82, 2.24) is 0 Å². The minimum Gasteiger partial charge on any atom is -0.490 e. The van der Waals surface area contributed by atoms with Gasteiger partial charge in [-0.05, 0) is 61.5 Å². The SMILES string of the molecule is CCCOc1ccc(NC(=S)Nc2ccc(OC(F)F)cc2)cc1OCCC. The van der Waals surface area contributed by atoms with Crippen molar-refractivity contribution in [1.29, 1.82) is 0 Å². The molecule has 0 amide bonds. The Kier molecular flexibility index (Phi) is 8.74. The molecule has 28 heavy (non-hydrogen) atoms. The van der Waals surface area contributed by atoms with Crippen LogP contribution in [-0.2, 0) is 0 Å². The molecule has 0 aliphatic rings. The number of halogens is 2. The molecular formula is C20H24F2N2O3S. The van der Waals surface area contributed by atoms with E-state index in [1.807, 2.05) is 32.0 Å². The van der Waals surface area contributed by atoms with E-state index in [2.05, 4.69) is 15.4 Å². The van der Waals surface area contributed by atoms with Gasteiger partial charge >= 0.3 is 6.61 Å². The Morgan fingerprint density at radius 3 is 2.07 bits per heavy atom. The van der Waals surface area contributed by atoms with Crippen molar-refractivity contribution >= 4 is 28.7 Å². The van der Waals surface area contributed by atoms with E-state index in [1.54, 1.807) is 12.1 Å². The molecule has 0 bridgehead atoms. The Morgan fingerprint density at radius 2 is 1.46 bits per heavy atom. The standard InChI is InChI=1S/C20H24F2N2O3S/c1-3-11-25-17-10-7-15(13-18(17)26-12-4-2)24-20(28)23-14-5-8-16(9-6-14)27-19(21)22/h5-10,13,19H,3-4,11-12H2,1-2H3,(H2,23,24,28). The maximum atomic E-state index is 12.2. The summed E-state index contributed by atoms with van der Waals surface area (Å²) in [6.45, 7) is 2.42. The van der Waals surface area contributed by atoms with Crippen molar-refractivity contribution in [2.24, 2.45) is 0 Å². The van der Waals surface area contributed by atoms with Gasteiger partial charge in [0.15, 0.2) is 16.6 Å². The van der Waals surface area contributed by atoms with Crippen LogP contribution < -0.4 is 24.8 Å². The molecule has 0 aliphatic carbocycles. The molecule has 5 nitrogen and oxygen atoms in total. The number of nitrogens with one attached hydrogen (secondary N) is 2. The Bertz CT molecular complexity index is 758. The van der Waals surface area contributed by atoms with Gasteiger partial charge < -0.3 is 24.8 Å². The first kappa shape index (κ1) is 21.7. The van der Waals surface area contributed by atoms with E-state index in [0.29, 0.717) is 35.5 Å². The van der Waals surface area contributed by atoms with Gasteiger partial charge in [-0.15, -0.1) is 0 Å². The summed E-state index contributed by atoms with van der Waals surface area (Å²) in [4.78, 5) is 0. The van der Waals surface area contributed by atoms with Crippen molar-refractivity contribution in [3.63, 3.8) is 0 Å². The molecular weight excluding hydrogens is 386 g/mol. The lowest BCUT2D eigenvalue weighted by Gasteiger charge is -2.15.